The lowest BCUT2D eigenvalue weighted by atomic mass is 10.0. The van der Waals surface area contributed by atoms with Crippen molar-refractivity contribution in [1.82, 2.24) is 0 Å². The number of hydrogen-bond acceptors (Lipinski definition) is 6. The lowest BCUT2D eigenvalue weighted by Crippen LogP contribution is -2.25. The minimum Gasteiger partial charge on any atom is -0.619 e. The van der Waals surface area contributed by atoms with Crippen LogP contribution in [0.5, 0.6) is 11.5 Å². The van der Waals surface area contributed by atoms with Crippen molar-refractivity contribution >= 4 is 40.3 Å². The summed E-state index contributed by atoms with van der Waals surface area (Å²) in [5.41, 5.74) is 0.679. The predicted molar refractivity (Wildman–Crippen MR) is 132 cm³/mol. The molecule has 0 N–H and O–H groups in total. The van der Waals surface area contributed by atoms with Gasteiger partial charge >= 0.3 is 11.9 Å². The number of pyridine rings is 1. The zero-order valence-corrected chi connectivity index (χ0v) is 21.4. The van der Waals surface area contributed by atoms with Crippen LogP contribution < -0.4 is 14.2 Å². The second-order valence-corrected chi connectivity index (χ2v) is 10.0. The van der Waals surface area contributed by atoms with Gasteiger partial charge in [0.05, 0.1) is 11.5 Å². The highest BCUT2D eigenvalue weighted by molar-refractivity contribution is 8.13. The molecule has 0 saturated heterocycles. The minimum absolute atomic E-state index is 0.0353. The monoisotopic (exact) mass is 573 g/mol. The summed E-state index contributed by atoms with van der Waals surface area (Å²) in [6, 6.07) is 9.85. The van der Waals surface area contributed by atoms with Crippen molar-refractivity contribution in [3.8, 4) is 11.5 Å². The number of thioether (sulfide) groups is 1. The Morgan fingerprint density at radius 1 is 1.11 bits per heavy atom. The van der Waals surface area contributed by atoms with Gasteiger partial charge in [0.25, 0.3) is 0 Å². The van der Waals surface area contributed by atoms with Crippen LogP contribution in [0.2, 0.25) is 10.0 Å². The van der Waals surface area contributed by atoms with Gasteiger partial charge in [0.2, 0.25) is 0 Å². The van der Waals surface area contributed by atoms with Crippen molar-refractivity contribution in [2.45, 2.75) is 36.9 Å². The first kappa shape index (κ1) is 27.2. The molecular formula is C25H20Cl2F3NO5S. The van der Waals surface area contributed by atoms with Crippen LogP contribution in [0.4, 0.5) is 18.0 Å². The maximum Gasteiger partial charge on any atom is 0.387 e. The smallest absolute Gasteiger partial charge is 0.387 e. The Kier molecular flexibility index (Phi) is 8.94. The molecule has 1 aliphatic rings. The van der Waals surface area contributed by atoms with Gasteiger partial charge in [0.1, 0.15) is 22.0 Å². The molecule has 1 saturated carbocycles. The minimum atomic E-state index is -3.07. The molecule has 12 heteroatoms. The number of carbonyl (C=O) groups excluding carboxylic acids is 1. The molecule has 2 aromatic carbocycles. The van der Waals surface area contributed by atoms with E-state index in [1.54, 1.807) is 6.07 Å². The lowest BCUT2D eigenvalue weighted by molar-refractivity contribution is -0.605. The standard InChI is InChI=1S/C25H20Cl2F3NO5S/c26-17-11-31(33)12-18(27)16(17)10-21(36-25(32)37-23-4-2-1-3-19(23)28)15-7-8-20(35-24(29)30)22(9-15)34-13-14-5-6-14/h1-4,7-9,11-12,14,21,24H,5-6,10,13H2. The summed E-state index contributed by atoms with van der Waals surface area (Å²) >= 11 is 13.0. The molecule has 1 aliphatic carbocycles. The largest absolute Gasteiger partial charge is 0.619 e. The van der Waals surface area contributed by atoms with Gasteiger partial charge in [-0.05, 0) is 60.4 Å². The van der Waals surface area contributed by atoms with E-state index in [-0.39, 0.29) is 32.9 Å². The first-order chi connectivity index (χ1) is 17.7. The first-order valence-corrected chi connectivity index (χ1v) is 12.7. The number of alkyl halides is 2. The topological polar surface area (TPSA) is 71.7 Å². The number of hydrogen-bond donors (Lipinski definition) is 0. The molecule has 1 fully saturated rings. The molecule has 1 unspecified atom stereocenters. The second-order valence-electron chi connectivity index (χ2n) is 8.22. The van der Waals surface area contributed by atoms with E-state index in [0.29, 0.717) is 40.1 Å². The Hall–Kier alpha value is -2.82. The van der Waals surface area contributed by atoms with E-state index in [4.69, 9.17) is 32.7 Å². The molecule has 0 bridgehead atoms. The third-order valence-corrected chi connectivity index (χ3v) is 6.91. The van der Waals surface area contributed by atoms with Crippen LogP contribution in [-0.4, -0.2) is 18.5 Å². The summed E-state index contributed by atoms with van der Waals surface area (Å²) in [6.45, 7) is -2.75. The molecule has 0 aliphatic heterocycles. The van der Waals surface area contributed by atoms with Gasteiger partial charge in [0.15, 0.2) is 23.9 Å². The van der Waals surface area contributed by atoms with Gasteiger partial charge < -0.3 is 19.4 Å². The molecule has 1 heterocycles. The number of halogens is 5. The van der Waals surface area contributed by atoms with Crippen molar-refractivity contribution in [2.24, 2.45) is 5.92 Å². The molecule has 0 amide bonds. The SMILES string of the molecule is O=C(OC(Cc1c(Cl)c[n+]([O-])cc1Cl)c1ccc(OC(F)F)c(OCC2CC2)c1)Sc1ccccc1F. The van der Waals surface area contributed by atoms with E-state index in [1.165, 1.54) is 36.4 Å². The number of nitrogens with zero attached hydrogens (tertiary/aromatic N) is 1. The second kappa shape index (κ2) is 12.1. The van der Waals surface area contributed by atoms with Crippen LogP contribution in [0, 0.1) is 16.9 Å². The van der Waals surface area contributed by atoms with Crippen LogP contribution in [0.15, 0.2) is 59.8 Å². The fourth-order valence-corrected chi connectivity index (χ4v) is 4.67. The summed E-state index contributed by atoms with van der Waals surface area (Å²) in [5, 5.41) is 10.9. The van der Waals surface area contributed by atoms with Crippen molar-refractivity contribution < 1.29 is 36.9 Å². The highest BCUT2D eigenvalue weighted by Gasteiger charge is 2.27. The van der Waals surface area contributed by atoms with Crippen LogP contribution in [0.3, 0.4) is 0 Å². The first-order valence-electron chi connectivity index (χ1n) is 11.1. The molecule has 1 aromatic heterocycles. The highest BCUT2D eigenvalue weighted by Crippen LogP contribution is 2.38. The highest BCUT2D eigenvalue weighted by atomic mass is 35.5. The summed E-state index contributed by atoms with van der Waals surface area (Å²) < 4.78 is 56.4. The average molecular weight is 574 g/mol. The van der Waals surface area contributed by atoms with Crippen molar-refractivity contribution in [1.29, 1.82) is 0 Å². The summed E-state index contributed by atoms with van der Waals surface area (Å²) in [6.07, 6.45) is 3.03. The Balaban J connectivity index is 1.65. The van der Waals surface area contributed by atoms with Gasteiger partial charge in [-0.1, -0.05) is 41.4 Å². The van der Waals surface area contributed by atoms with Gasteiger partial charge in [-0.25, -0.2) is 9.18 Å². The Morgan fingerprint density at radius 3 is 2.46 bits per heavy atom. The van der Waals surface area contributed by atoms with Crippen LogP contribution in [0.1, 0.15) is 30.1 Å². The Bertz CT molecular complexity index is 1260. The van der Waals surface area contributed by atoms with Gasteiger partial charge in [-0.15, -0.1) is 0 Å². The molecule has 3 aromatic rings. The van der Waals surface area contributed by atoms with Crippen LogP contribution >= 0.6 is 35.0 Å². The Morgan fingerprint density at radius 2 is 1.81 bits per heavy atom. The quantitative estimate of drug-likeness (QED) is 0.109. The summed E-state index contributed by atoms with van der Waals surface area (Å²) in [5.74, 6) is -0.391. The fourth-order valence-electron chi connectivity index (χ4n) is 3.42. The number of ether oxygens (including phenoxy) is 3. The number of benzene rings is 2. The molecule has 196 valence electrons. The van der Waals surface area contributed by atoms with E-state index in [0.717, 1.165) is 25.2 Å². The summed E-state index contributed by atoms with van der Waals surface area (Å²) in [7, 11) is 0. The molecule has 37 heavy (non-hydrogen) atoms. The summed E-state index contributed by atoms with van der Waals surface area (Å²) in [4.78, 5) is 12.8. The molecule has 4 rings (SSSR count). The van der Waals surface area contributed by atoms with E-state index in [9.17, 15) is 23.2 Å². The van der Waals surface area contributed by atoms with E-state index >= 15 is 0 Å². The normalized spacial score (nSPS) is 13.9. The molecule has 1 atom stereocenters. The maximum absolute atomic E-state index is 14.1. The zero-order chi connectivity index (χ0) is 26.5. The molecule has 6 nitrogen and oxygen atoms in total. The number of aromatic nitrogens is 1. The van der Waals surface area contributed by atoms with Crippen LogP contribution in [-0.2, 0) is 11.2 Å². The third kappa shape index (κ3) is 7.59. The predicted octanol–water partition coefficient (Wildman–Crippen LogP) is 7.37. The average Bonchev–Trinajstić information content (AvgIpc) is 3.66. The van der Waals surface area contributed by atoms with E-state index in [1.807, 2.05) is 0 Å². The maximum atomic E-state index is 14.1. The zero-order valence-electron chi connectivity index (χ0n) is 19.0. The van der Waals surface area contributed by atoms with Gasteiger partial charge in [-0.3, -0.25) is 0 Å². The number of carbonyl (C=O) groups is 1. The van der Waals surface area contributed by atoms with Gasteiger partial charge in [-0.2, -0.15) is 13.5 Å². The number of rotatable bonds is 10. The van der Waals surface area contributed by atoms with Crippen molar-refractivity contribution in [3.05, 3.63) is 87.1 Å². The third-order valence-electron chi connectivity index (χ3n) is 5.44. The van der Waals surface area contributed by atoms with E-state index in [2.05, 4.69) is 4.74 Å². The fraction of sp³-hybridized carbons (Fsp3) is 0.280. The molecule has 0 spiro atoms. The molecular weight excluding hydrogens is 554 g/mol. The van der Waals surface area contributed by atoms with Crippen LogP contribution in [0.25, 0.3) is 0 Å². The molecule has 0 radical (unpaired) electrons. The van der Waals surface area contributed by atoms with Crippen molar-refractivity contribution in [2.75, 3.05) is 6.61 Å². The Labute approximate surface area is 224 Å². The lowest BCUT2D eigenvalue weighted by Gasteiger charge is -2.21. The van der Waals surface area contributed by atoms with Crippen molar-refractivity contribution in [3.63, 3.8) is 0 Å². The van der Waals surface area contributed by atoms with Gasteiger partial charge in [0, 0.05) is 12.0 Å². The van der Waals surface area contributed by atoms with E-state index < -0.39 is 23.8 Å².